The lowest BCUT2D eigenvalue weighted by Crippen LogP contribution is -2.56. The summed E-state index contributed by atoms with van der Waals surface area (Å²) in [5, 5.41) is 4.94. The Morgan fingerprint density at radius 1 is 1.40 bits per heavy atom. The lowest BCUT2D eigenvalue weighted by molar-refractivity contribution is -0.0550. The van der Waals surface area contributed by atoms with Crippen molar-refractivity contribution in [2.75, 3.05) is 26.9 Å². The number of aromatic nitrogens is 1. The number of hydrogen-bond acceptors (Lipinski definition) is 5. The van der Waals surface area contributed by atoms with Gasteiger partial charge in [-0.05, 0) is 39.0 Å². The SMILES string of the molecule is CCOC1CC(NCCOC)(c2nc3c(s2)CCC3)C1. The number of fused-ring (bicyclic) bond motifs is 1. The van der Waals surface area contributed by atoms with Crippen LogP contribution in [0.1, 0.15) is 41.8 Å². The van der Waals surface area contributed by atoms with Crippen LogP contribution >= 0.6 is 11.3 Å². The molecule has 1 heterocycles. The number of methoxy groups -OCH3 is 1. The van der Waals surface area contributed by atoms with Gasteiger partial charge in [0, 0.05) is 25.1 Å². The van der Waals surface area contributed by atoms with Crippen LogP contribution in [-0.2, 0) is 27.9 Å². The summed E-state index contributed by atoms with van der Waals surface area (Å²) in [6.45, 7) is 4.48. The molecule has 1 aromatic rings. The number of aryl methyl sites for hydroxylation is 2. The zero-order valence-corrected chi connectivity index (χ0v) is 13.2. The smallest absolute Gasteiger partial charge is 0.113 e. The zero-order valence-electron chi connectivity index (χ0n) is 12.4. The number of rotatable bonds is 7. The van der Waals surface area contributed by atoms with Gasteiger partial charge in [-0.1, -0.05) is 0 Å². The van der Waals surface area contributed by atoms with Crippen molar-refractivity contribution >= 4 is 11.3 Å². The maximum absolute atomic E-state index is 5.74. The van der Waals surface area contributed by atoms with Gasteiger partial charge in [0.2, 0.25) is 0 Å². The van der Waals surface area contributed by atoms with Crippen molar-refractivity contribution in [1.29, 1.82) is 0 Å². The number of hydrogen-bond donors (Lipinski definition) is 1. The van der Waals surface area contributed by atoms with E-state index in [1.54, 1.807) is 7.11 Å². The molecule has 0 bridgehead atoms. The highest BCUT2D eigenvalue weighted by atomic mass is 32.1. The monoisotopic (exact) mass is 296 g/mol. The molecule has 2 aliphatic rings. The molecular formula is C15H24N2O2S. The molecule has 2 aliphatic carbocycles. The normalized spacial score (nSPS) is 28.4. The highest BCUT2D eigenvalue weighted by molar-refractivity contribution is 7.12. The molecule has 1 N–H and O–H groups in total. The fourth-order valence-electron chi connectivity index (χ4n) is 3.25. The molecule has 1 aromatic heterocycles. The molecule has 0 amide bonds. The van der Waals surface area contributed by atoms with Crippen LogP contribution in [0.5, 0.6) is 0 Å². The summed E-state index contributed by atoms with van der Waals surface area (Å²) in [4.78, 5) is 6.43. The van der Waals surface area contributed by atoms with Crippen LogP contribution in [0.25, 0.3) is 0 Å². The van der Waals surface area contributed by atoms with Crippen LogP contribution in [0.15, 0.2) is 0 Å². The van der Waals surface area contributed by atoms with Gasteiger partial charge in [-0.2, -0.15) is 0 Å². The Kier molecular flexibility index (Phi) is 4.40. The summed E-state index contributed by atoms with van der Waals surface area (Å²) in [7, 11) is 1.75. The van der Waals surface area contributed by atoms with Gasteiger partial charge in [-0.15, -0.1) is 11.3 Å². The number of thiazole rings is 1. The quantitative estimate of drug-likeness (QED) is 0.784. The van der Waals surface area contributed by atoms with E-state index in [4.69, 9.17) is 14.5 Å². The fraction of sp³-hybridized carbons (Fsp3) is 0.800. The largest absolute Gasteiger partial charge is 0.383 e. The van der Waals surface area contributed by atoms with Crippen LogP contribution in [0.4, 0.5) is 0 Å². The van der Waals surface area contributed by atoms with Gasteiger partial charge < -0.3 is 14.8 Å². The van der Waals surface area contributed by atoms with Gasteiger partial charge in [0.15, 0.2) is 0 Å². The molecule has 1 fully saturated rings. The summed E-state index contributed by atoms with van der Waals surface area (Å²) in [6.07, 6.45) is 6.12. The standard InChI is InChI=1S/C15H24N2O2S/c1-3-19-11-9-15(10-11,16-7-8-18-2)14-17-12-5-4-6-13(12)20-14/h11,16H,3-10H2,1-2H3. The first-order valence-electron chi connectivity index (χ1n) is 7.62. The summed E-state index contributed by atoms with van der Waals surface area (Å²) in [5.74, 6) is 0. The summed E-state index contributed by atoms with van der Waals surface area (Å²) >= 11 is 1.91. The van der Waals surface area contributed by atoms with Gasteiger partial charge in [0.25, 0.3) is 0 Å². The lowest BCUT2D eigenvalue weighted by Gasteiger charge is -2.46. The minimum Gasteiger partial charge on any atom is -0.383 e. The second-order valence-corrected chi connectivity index (χ2v) is 6.81. The highest BCUT2D eigenvalue weighted by Crippen LogP contribution is 2.46. The topological polar surface area (TPSA) is 43.4 Å². The van der Waals surface area contributed by atoms with Crippen LogP contribution in [0, 0.1) is 0 Å². The van der Waals surface area contributed by atoms with Crippen molar-refractivity contribution in [3.8, 4) is 0 Å². The minimum atomic E-state index is 0.0351. The zero-order chi connectivity index (χ0) is 14.0. The Labute approximate surface area is 124 Å². The van der Waals surface area contributed by atoms with E-state index in [0.717, 1.165) is 39.0 Å². The predicted molar refractivity (Wildman–Crippen MR) is 80.3 cm³/mol. The molecule has 0 atom stereocenters. The van der Waals surface area contributed by atoms with E-state index in [1.807, 2.05) is 11.3 Å². The van der Waals surface area contributed by atoms with Gasteiger partial charge in [0.1, 0.15) is 5.01 Å². The van der Waals surface area contributed by atoms with Crippen molar-refractivity contribution in [1.82, 2.24) is 10.3 Å². The van der Waals surface area contributed by atoms with E-state index in [-0.39, 0.29) is 5.54 Å². The molecule has 1 saturated carbocycles. The second kappa shape index (κ2) is 6.10. The van der Waals surface area contributed by atoms with E-state index in [9.17, 15) is 0 Å². The molecule has 4 nitrogen and oxygen atoms in total. The van der Waals surface area contributed by atoms with E-state index < -0.39 is 0 Å². The summed E-state index contributed by atoms with van der Waals surface area (Å²) in [5.41, 5.74) is 1.38. The summed E-state index contributed by atoms with van der Waals surface area (Å²) < 4.78 is 10.9. The lowest BCUT2D eigenvalue weighted by atomic mass is 9.74. The van der Waals surface area contributed by atoms with Crippen LogP contribution in [-0.4, -0.2) is 38.0 Å². The molecule has 20 heavy (non-hydrogen) atoms. The van der Waals surface area contributed by atoms with Crippen LogP contribution in [0.3, 0.4) is 0 Å². The molecule has 3 rings (SSSR count). The summed E-state index contributed by atoms with van der Waals surface area (Å²) in [6, 6.07) is 0. The number of ether oxygens (including phenoxy) is 2. The first-order valence-corrected chi connectivity index (χ1v) is 8.43. The first kappa shape index (κ1) is 14.4. The van der Waals surface area contributed by atoms with Crippen molar-refractivity contribution in [2.24, 2.45) is 0 Å². The Morgan fingerprint density at radius 2 is 2.25 bits per heavy atom. The molecule has 0 aromatic carbocycles. The Bertz CT molecular complexity index is 428. The third-order valence-corrected chi connectivity index (χ3v) is 5.69. The van der Waals surface area contributed by atoms with E-state index in [0.29, 0.717) is 6.10 Å². The van der Waals surface area contributed by atoms with Gasteiger partial charge in [0.05, 0.1) is 23.9 Å². The molecule has 112 valence electrons. The van der Waals surface area contributed by atoms with E-state index >= 15 is 0 Å². The minimum absolute atomic E-state index is 0.0351. The number of nitrogens with zero attached hydrogens (tertiary/aromatic N) is 1. The molecule has 5 heteroatoms. The third-order valence-electron chi connectivity index (χ3n) is 4.33. The molecule has 0 unspecified atom stereocenters. The van der Waals surface area contributed by atoms with E-state index in [1.165, 1.54) is 28.4 Å². The van der Waals surface area contributed by atoms with Gasteiger partial charge in [-0.25, -0.2) is 4.98 Å². The van der Waals surface area contributed by atoms with Crippen molar-refractivity contribution in [3.05, 3.63) is 15.6 Å². The third kappa shape index (κ3) is 2.64. The molecule has 0 saturated heterocycles. The maximum Gasteiger partial charge on any atom is 0.113 e. The van der Waals surface area contributed by atoms with Crippen molar-refractivity contribution in [3.63, 3.8) is 0 Å². The maximum atomic E-state index is 5.74. The van der Waals surface area contributed by atoms with Gasteiger partial charge >= 0.3 is 0 Å². The predicted octanol–water partition coefficient (Wildman–Crippen LogP) is 2.26. The Morgan fingerprint density at radius 3 is 2.95 bits per heavy atom. The average molecular weight is 296 g/mol. The highest BCUT2D eigenvalue weighted by Gasteiger charge is 2.48. The average Bonchev–Trinajstić information content (AvgIpc) is 2.96. The van der Waals surface area contributed by atoms with Crippen LogP contribution < -0.4 is 5.32 Å². The molecule has 0 spiro atoms. The van der Waals surface area contributed by atoms with E-state index in [2.05, 4.69) is 12.2 Å². The first-order chi connectivity index (χ1) is 9.77. The molecule has 0 radical (unpaired) electrons. The molecule has 0 aliphatic heterocycles. The van der Waals surface area contributed by atoms with Crippen molar-refractivity contribution < 1.29 is 9.47 Å². The Balaban J connectivity index is 1.72. The Hall–Kier alpha value is -0.490. The second-order valence-electron chi connectivity index (χ2n) is 5.73. The van der Waals surface area contributed by atoms with Crippen molar-refractivity contribution in [2.45, 2.75) is 50.7 Å². The van der Waals surface area contributed by atoms with Crippen LogP contribution in [0.2, 0.25) is 0 Å². The van der Waals surface area contributed by atoms with Gasteiger partial charge in [-0.3, -0.25) is 0 Å². The fourth-order valence-corrected chi connectivity index (χ4v) is 4.59. The molecular weight excluding hydrogens is 272 g/mol. The number of nitrogens with one attached hydrogen (secondary N) is 1.